The lowest BCUT2D eigenvalue weighted by Gasteiger charge is -2.33. The van der Waals surface area contributed by atoms with Crippen molar-refractivity contribution in [3.8, 4) is 0 Å². The first-order valence-corrected chi connectivity index (χ1v) is 10.3. The number of fused-ring (bicyclic) bond motifs is 1. The predicted molar refractivity (Wildman–Crippen MR) is 104 cm³/mol. The van der Waals surface area contributed by atoms with Gasteiger partial charge in [-0.3, -0.25) is 9.59 Å². The van der Waals surface area contributed by atoms with Gasteiger partial charge in [0.2, 0.25) is 5.91 Å². The van der Waals surface area contributed by atoms with Gasteiger partial charge in [0.15, 0.2) is 6.61 Å². The largest absolute Gasteiger partial charge is 0.454 e. The zero-order chi connectivity index (χ0) is 19.7. The minimum atomic E-state index is -0.655. The zero-order valence-corrected chi connectivity index (χ0v) is 16.8. The summed E-state index contributed by atoms with van der Waals surface area (Å²) < 4.78 is 5.26. The molecule has 2 aliphatic heterocycles. The van der Waals surface area contributed by atoms with Gasteiger partial charge in [0, 0.05) is 17.7 Å². The second-order valence-electron chi connectivity index (χ2n) is 7.63. The van der Waals surface area contributed by atoms with Crippen molar-refractivity contribution >= 4 is 29.5 Å². The van der Waals surface area contributed by atoms with Gasteiger partial charge in [-0.2, -0.15) is 0 Å². The van der Waals surface area contributed by atoms with Crippen LogP contribution in [0.25, 0.3) is 0 Å². The first kappa shape index (κ1) is 19.7. The molecule has 0 unspecified atom stereocenters. The van der Waals surface area contributed by atoms with Crippen molar-refractivity contribution < 1.29 is 19.1 Å². The van der Waals surface area contributed by atoms with Gasteiger partial charge in [-0.25, -0.2) is 4.79 Å². The fraction of sp³-hybridized carbons (Fsp3) is 0.550. The average molecular weight is 391 g/mol. The summed E-state index contributed by atoms with van der Waals surface area (Å²) in [6, 6.07) is 9.15. The number of thioether (sulfide) groups is 1. The number of nitrogens with one attached hydrogen (secondary N) is 1. The van der Waals surface area contributed by atoms with Crippen LogP contribution in [0, 0.1) is 0 Å². The van der Waals surface area contributed by atoms with Crippen LogP contribution in [0.15, 0.2) is 30.3 Å². The van der Waals surface area contributed by atoms with E-state index in [0.29, 0.717) is 18.6 Å². The molecule has 1 N–H and O–H groups in total. The van der Waals surface area contributed by atoms with Gasteiger partial charge in [0.25, 0.3) is 5.91 Å². The molecule has 0 aliphatic carbocycles. The maximum absolute atomic E-state index is 12.6. The molecule has 2 saturated heterocycles. The topological polar surface area (TPSA) is 75.7 Å². The lowest BCUT2D eigenvalue weighted by atomic mass is 10.0. The highest BCUT2D eigenvalue weighted by Crippen LogP contribution is 2.54. The van der Waals surface area contributed by atoms with E-state index in [9.17, 15) is 14.4 Å². The molecule has 2 atom stereocenters. The Morgan fingerprint density at radius 3 is 2.70 bits per heavy atom. The summed E-state index contributed by atoms with van der Waals surface area (Å²) >= 11 is 1.61. The summed E-state index contributed by atoms with van der Waals surface area (Å²) in [6.45, 7) is 5.48. The van der Waals surface area contributed by atoms with Crippen LogP contribution in [-0.2, 0) is 24.0 Å². The average Bonchev–Trinajstić information content (AvgIpc) is 3.20. The molecule has 7 heteroatoms. The summed E-state index contributed by atoms with van der Waals surface area (Å²) in [7, 11) is 0. The maximum Gasteiger partial charge on any atom is 0.330 e. The van der Waals surface area contributed by atoms with E-state index in [4.69, 9.17) is 4.74 Å². The Morgan fingerprint density at radius 1 is 1.33 bits per heavy atom. The number of carbonyl (C=O) groups is 3. The summed E-state index contributed by atoms with van der Waals surface area (Å²) in [5.41, 5.74) is 0.679. The number of hydrogen-bond acceptors (Lipinski definition) is 5. The molecule has 0 bridgehead atoms. The predicted octanol–water partition coefficient (Wildman–Crippen LogP) is 2.43. The second-order valence-corrected chi connectivity index (χ2v) is 8.93. The van der Waals surface area contributed by atoms with Crippen molar-refractivity contribution in [3.05, 3.63) is 35.9 Å². The van der Waals surface area contributed by atoms with Gasteiger partial charge < -0.3 is 15.0 Å². The van der Waals surface area contributed by atoms with Crippen molar-refractivity contribution in [2.75, 3.05) is 12.4 Å². The fourth-order valence-electron chi connectivity index (χ4n) is 3.55. The van der Waals surface area contributed by atoms with Crippen molar-refractivity contribution in [3.63, 3.8) is 0 Å². The van der Waals surface area contributed by atoms with E-state index in [1.165, 1.54) is 0 Å². The molecule has 2 heterocycles. The molecule has 6 nitrogen and oxygen atoms in total. The molecule has 2 amide bonds. The normalized spacial score (nSPS) is 24.6. The first-order valence-electron chi connectivity index (χ1n) is 9.28. The second kappa shape index (κ2) is 7.54. The Hall–Kier alpha value is -2.02. The maximum atomic E-state index is 12.6. The summed E-state index contributed by atoms with van der Waals surface area (Å²) in [5, 5.41) is 2.84. The van der Waals surface area contributed by atoms with Gasteiger partial charge in [-0.05, 0) is 32.3 Å². The highest BCUT2D eigenvalue weighted by atomic mass is 32.2. The molecule has 2 aliphatic rings. The van der Waals surface area contributed by atoms with Gasteiger partial charge in [0.05, 0.1) is 0 Å². The Bertz CT molecular complexity index is 737. The van der Waals surface area contributed by atoms with Crippen LogP contribution < -0.4 is 5.32 Å². The number of hydrogen-bond donors (Lipinski definition) is 1. The van der Waals surface area contributed by atoms with Crippen LogP contribution in [0.2, 0.25) is 0 Å². The monoisotopic (exact) mass is 390 g/mol. The number of nitrogens with zero attached hydrogens (tertiary/aromatic N) is 1. The molecular weight excluding hydrogens is 364 g/mol. The first-order chi connectivity index (χ1) is 12.8. The van der Waals surface area contributed by atoms with E-state index < -0.39 is 16.9 Å². The lowest BCUT2D eigenvalue weighted by molar-refractivity contribution is -0.156. The van der Waals surface area contributed by atoms with Crippen LogP contribution >= 0.6 is 11.8 Å². The molecule has 146 valence electrons. The molecule has 0 aromatic heterocycles. The Labute approximate surface area is 164 Å². The lowest BCUT2D eigenvalue weighted by Crippen LogP contribution is -2.48. The zero-order valence-electron chi connectivity index (χ0n) is 16.0. The number of benzene rings is 1. The van der Waals surface area contributed by atoms with Gasteiger partial charge in [-0.1, -0.05) is 37.3 Å². The quantitative estimate of drug-likeness (QED) is 0.755. The fourth-order valence-corrected chi connectivity index (χ4v) is 5.19. The minimum absolute atomic E-state index is 0.0395. The summed E-state index contributed by atoms with van der Waals surface area (Å²) in [6.07, 6.45) is 1.86. The van der Waals surface area contributed by atoms with E-state index in [1.807, 2.05) is 51.1 Å². The van der Waals surface area contributed by atoms with Crippen molar-refractivity contribution in [1.82, 2.24) is 10.2 Å². The third-order valence-corrected chi connectivity index (χ3v) is 6.93. The molecule has 0 radical (unpaired) electrons. The number of rotatable bonds is 6. The SMILES string of the molecule is CCC(C)(C)NC(=O)COC(=O)[C@@H]1CS[C@]2(c3ccccc3)CCC(=O)N12. The number of carbonyl (C=O) groups excluding carboxylic acids is 3. The molecule has 3 rings (SSSR count). The highest BCUT2D eigenvalue weighted by Gasteiger charge is 2.57. The molecule has 27 heavy (non-hydrogen) atoms. The van der Waals surface area contributed by atoms with E-state index >= 15 is 0 Å². The van der Waals surface area contributed by atoms with Gasteiger partial charge in [0.1, 0.15) is 10.9 Å². The van der Waals surface area contributed by atoms with Crippen LogP contribution in [0.5, 0.6) is 0 Å². The minimum Gasteiger partial charge on any atom is -0.454 e. The van der Waals surface area contributed by atoms with Crippen molar-refractivity contribution in [1.29, 1.82) is 0 Å². The molecule has 0 saturated carbocycles. The van der Waals surface area contributed by atoms with Crippen LogP contribution in [-0.4, -0.2) is 46.6 Å². The van der Waals surface area contributed by atoms with E-state index in [0.717, 1.165) is 12.0 Å². The molecule has 1 aromatic carbocycles. The van der Waals surface area contributed by atoms with E-state index in [1.54, 1.807) is 16.7 Å². The third kappa shape index (κ3) is 3.83. The van der Waals surface area contributed by atoms with Gasteiger partial charge >= 0.3 is 5.97 Å². The molecule has 0 spiro atoms. The smallest absolute Gasteiger partial charge is 0.330 e. The summed E-state index contributed by atoms with van der Waals surface area (Å²) in [5.74, 6) is -0.410. The number of amides is 2. The van der Waals surface area contributed by atoms with E-state index in [2.05, 4.69) is 5.32 Å². The third-order valence-electron chi connectivity index (χ3n) is 5.33. The number of ether oxygens (including phenoxy) is 1. The van der Waals surface area contributed by atoms with E-state index in [-0.39, 0.29) is 24.0 Å². The Balaban J connectivity index is 1.68. The van der Waals surface area contributed by atoms with Crippen molar-refractivity contribution in [2.24, 2.45) is 0 Å². The Kier molecular flexibility index (Phi) is 5.51. The van der Waals surface area contributed by atoms with Gasteiger partial charge in [-0.15, -0.1) is 11.8 Å². The molecular formula is C20H26N2O4S. The summed E-state index contributed by atoms with van der Waals surface area (Å²) in [4.78, 5) is 38.4. The Morgan fingerprint density at radius 2 is 2.04 bits per heavy atom. The van der Waals surface area contributed by atoms with Crippen LogP contribution in [0.1, 0.15) is 45.6 Å². The molecule has 1 aromatic rings. The standard InChI is InChI=1S/C20H26N2O4S/c1-4-19(2,3)21-16(23)12-26-18(25)15-13-27-20(11-10-17(24)22(15)20)14-8-6-5-7-9-14/h5-9,15H,4,10-13H2,1-3H3,(H,21,23)/t15-,20-/m0/s1. The number of esters is 1. The van der Waals surface area contributed by atoms with Crippen molar-refractivity contribution in [2.45, 2.75) is 56.5 Å². The highest BCUT2D eigenvalue weighted by molar-refractivity contribution is 8.00. The molecule has 2 fully saturated rings. The van der Waals surface area contributed by atoms with Crippen LogP contribution in [0.3, 0.4) is 0 Å². The van der Waals surface area contributed by atoms with Crippen LogP contribution in [0.4, 0.5) is 0 Å².